The molecular weight excluding hydrogens is 262 g/mol. The van der Waals surface area contributed by atoms with Gasteiger partial charge in [-0.2, -0.15) is 0 Å². The fourth-order valence-electron chi connectivity index (χ4n) is 2.64. The number of carbonyl (C=O) groups is 1. The van der Waals surface area contributed by atoms with Gasteiger partial charge in [0.1, 0.15) is 0 Å². The number of carbonyl (C=O) groups excluding carboxylic acids is 1. The van der Waals surface area contributed by atoms with Gasteiger partial charge in [0.2, 0.25) is 0 Å². The minimum Gasteiger partial charge on any atom is -0.465 e. The molecule has 0 spiro atoms. The van der Waals surface area contributed by atoms with E-state index in [1.807, 2.05) is 32.0 Å². The van der Waals surface area contributed by atoms with Gasteiger partial charge in [-0.25, -0.2) is 0 Å². The molecule has 0 aliphatic carbocycles. The zero-order valence-electron chi connectivity index (χ0n) is 12.8. The minimum absolute atomic E-state index is 0.172. The van der Waals surface area contributed by atoms with E-state index in [0.717, 1.165) is 17.4 Å². The average molecular weight is 285 g/mol. The standard InChI is InChI=1S/C18H23NO2/c1-3-21-17(20)18(2,11-6-12-19)16-10-9-14-7-4-5-8-15(14)13-16/h4-5,7-10,13H,3,6,11-12,19H2,1-2H3. The van der Waals surface area contributed by atoms with Crippen LogP contribution in [-0.2, 0) is 14.9 Å². The van der Waals surface area contributed by atoms with E-state index in [1.165, 1.54) is 5.39 Å². The third-order valence-corrected chi connectivity index (χ3v) is 3.99. The molecule has 0 aliphatic heterocycles. The number of ether oxygens (including phenoxy) is 1. The first-order chi connectivity index (χ1) is 10.1. The Bertz CT molecular complexity index is 623. The molecule has 0 aromatic heterocycles. The van der Waals surface area contributed by atoms with E-state index >= 15 is 0 Å². The van der Waals surface area contributed by atoms with E-state index < -0.39 is 5.41 Å². The lowest BCUT2D eigenvalue weighted by Gasteiger charge is -2.28. The van der Waals surface area contributed by atoms with Crippen LogP contribution in [0.2, 0.25) is 0 Å². The second-order valence-corrected chi connectivity index (χ2v) is 5.51. The molecule has 21 heavy (non-hydrogen) atoms. The van der Waals surface area contributed by atoms with Crippen LogP contribution in [-0.4, -0.2) is 19.1 Å². The third-order valence-electron chi connectivity index (χ3n) is 3.99. The van der Waals surface area contributed by atoms with Crippen LogP contribution < -0.4 is 5.73 Å². The molecule has 0 saturated carbocycles. The number of hydrogen-bond acceptors (Lipinski definition) is 3. The summed E-state index contributed by atoms with van der Waals surface area (Å²) >= 11 is 0. The minimum atomic E-state index is -0.639. The van der Waals surface area contributed by atoms with Crippen molar-refractivity contribution in [2.45, 2.75) is 32.1 Å². The predicted molar refractivity (Wildman–Crippen MR) is 86.2 cm³/mol. The van der Waals surface area contributed by atoms with E-state index in [2.05, 4.69) is 24.3 Å². The Morgan fingerprint density at radius 3 is 2.57 bits per heavy atom. The lowest BCUT2D eigenvalue weighted by Crippen LogP contribution is -2.35. The summed E-state index contributed by atoms with van der Waals surface area (Å²) in [6.07, 6.45) is 1.49. The Balaban J connectivity index is 2.44. The largest absolute Gasteiger partial charge is 0.465 e. The molecule has 0 bridgehead atoms. The van der Waals surface area contributed by atoms with Gasteiger partial charge >= 0.3 is 5.97 Å². The molecule has 0 aliphatic rings. The van der Waals surface area contributed by atoms with Crippen molar-refractivity contribution in [2.75, 3.05) is 13.2 Å². The van der Waals surface area contributed by atoms with Crippen LogP contribution in [0.3, 0.4) is 0 Å². The number of rotatable bonds is 6. The Morgan fingerprint density at radius 1 is 1.19 bits per heavy atom. The highest BCUT2D eigenvalue weighted by molar-refractivity contribution is 5.87. The molecule has 0 amide bonds. The summed E-state index contributed by atoms with van der Waals surface area (Å²) in [5.41, 5.74) is 5.98. The molecule has 0 saturated heterocycles. The Labute approximate surface area is 126 Å². The second kappa shape index (κ2) is 6.72. The van der Waals surface area contributed by atoms with Crippen molar-refractivity contribution in [3.05, 3.63) is 48.0 Å². The van der Waals surface area contributed by atoms with E-state index in [4.69, 9.17) is 10.5 Å². The Morgan fingerprint density at radius 2 is 1.90 bits per heavy atom. The lowest BCUT2D eigenvalue weighted by atomic mass is 9.78. The molecule has 2 N–H and O–H groups in total. The Hall–Kier alpha value is -1.87. The fraction of sp³-hybridized carbons (Fsp3) is 0.389. The number of esters is 1. The summed E-state index contributed by atoms with van der Waals surface area (Å²) in [5, 5.41) is 2.31. The highest BCUT2D eigenvalue weighted by Gasteiger charge is 2.36. The smallest absolute Gasteiger partial charge is 0.316 e. The summed E-state index contributed by atoms with van der Waals surface area (Å²) in [7, 11) is 0. The molecule has 0 fully saturated rings. The monoisotopic (exact) mass is 285 g/mol. The van der Waals surface area contributed by atoms with Crippen molar-refractivity contribution in [2.24, 2.45) is 5.73 Å². The van der Waals surface area contributed by atoms with Gasteiger partial charge in [-0.3, -0.25) is 4.79 Å². The zero-order valence-corrected chi connectivity index (χ0v) is 12.8. The first kappa shape index (κ1) is 15.5. The van der Waals surface area contributed by atoms with E-state index in [0.29, 0.717) is 19.6 Å². The van der Waals surface area contributed by atoms with Gasteiger partial charge in [-0.05, 0) is 49.6 Å². The molecule has 0 radical (unpaired) electrons. The highest BCUT2D eigenvalue weighted by Crippen LogP contribution is 2.32. The maximum absolute atomic E-state index is 12.4. The first-order valence-corrected chi connectivity index (χ1v) is 7.48. The maximum Gasteiger partial charge on any atom is 0.316 e. The van der Waals surface area contributed by atoms with Crippen LogP contribution in [0, 0.1) is 0 Å². The highest BCUT2D eigenvalue weighted by atomic mass is 16.5. The van der Waals surface area contributed by atoms with Crippen molar-refractivity contribution >= 4 is 16.7 Å². The van der Waals surface area contributed by atoms with E-state index in [9.17, 15) is 4.79 Å². The van der Waals surface area contributed by atoms with Gasteiger partial charge in [-0.1, -0.05) is 42.5 Å². The molecule has 1 unspecified atom stereocenters. The molecule has 2 aromatic rings. The van der Waals surface area contributed by atoms with Crippen LogP contribution in [0.25, 0.3) is 10.8 Å². The van der Waals surface area contributed by atoms with Gasteiger partial charge in [0.05, 0.1) is 12.0 Å². The topological polar surface area (TPSA) is 52.3 Å². The van der Waals surface area contributed by atoms with Crippen LogP contribution in [0.5, 0.6) is 0 Å². The van der Waals surface area contributed by atoms with Crippen molar-refractivity contribution in [1.82, 2.24) is 0 Å². The zero-order chi connectivity index (χ0) is 15.3. The molecule has 1 atom stereocenters. The van der Waals surface area contributed by atoms with Gasteiger partial charge in [0.15, 0.2) is 0 Å². The van der Waals surface area contributed by atoms with Gasteiger partial charge < -0.3 is 10.5 Å². The number of fused-ring (bicyclic) bond motifs is 1. The summed E-state index contributed by atoms with van der Waals surface area (Å²) in [4.78, 5) is 12.4. The predicted octanol–water partition coefficient (Wildman–Crippen LogP) is 3.40. The van der Waals surface area contributed by atoms with Gasteiger partial charge in [0, 0.05) is 0 Å². The third kappa shape index (κ3) is 3.24. The molecule has 3 heteroatoms. The first-order valence-electron chi connectivity index (χ1n) is 7.48. The van der Waals surface area contributed by atoms with Gasteiger partial charge in [-0.15, -0.1) is 0 Å². The van der Waals surface area contributed by atoms with Crippen molar-refractivity contribution < 1.29 is 9.53 Å². The maximum atomic E-state index is 12.4. The van der Waals surface area contributed by atoms with Crippen molar-refractivity contribution in [3.63, 3.8) is 0 Å². The van der Waals surface area contributed by atoms with Crippen LogP contribution in [0.1, 0.15) is 32.3 Å². The SMILES string of the molecule is CCOC(=O)C(C)(CCCN)c1ccc2ccccc2c1. The van der Waals surface area contributed by atoms with Crippen molar-refractivity contribution in [3.8, 4) is 0 Å². The van der Waals surface area contributed by atoms with Crippen LogP contribution in [0.4, 0.5) is 0 Å². The molecule has 2 rings (SSSR count). The molecule has 0 heterocycles. The van der Waals surface area contributed by atoms with Crippen molar-refractivity contribution in [1.29, 1.82) is 0 Å². The second-order valence-electron chi connectivity index (χ2n) is 5.51. The molecule has 2 aromatic carbocycles. The number of hydrogen-bond donors (Lipinski definition) is 1. The normalized spacial score (nSPS) is 13.9. The van der Waals surface area contributed by atoms with E-state index in [-0.39, 0.29) is 5.97 Å². The van der Waals surface area contributed by atoms with Crippen LogP contribution >= 0.6 is 0 Å². The quantitative estimate of drug-likeness (QED) is 0.828. The fourth-order valence-corrected chi connectivity index (χ4v) is 2.64. The summed E-state index contributed by atoms with van der Waals surface area (Å²) in [5.74, 6) is -0.172. The molecular formula is C18H23NO2. The van der Waals surface area contributed by atoms with Crippen LogP contribution in [0.15, 0.2) is 42.5 Å². The summed E-state index contributed by atoms with van der Waals surface area (Å²) in [6, 6.07) is 14.3. The lowest BCUT2D eigenvalue weighted by molar-refractivity contribution is -0.149. The average Bonchev–Trinajstić information content (AvgIpc) is 2.52. The Kier molecular flexibility index (Phi) is 4.97. The number of nitrogens with two attached hydrogens (primary N) is 1. The summed E-state index contributed by atoms with van der Waals surface area (Å²) < 4.78 is 5.29. The van der Waals surface area contributed by atoms with E-state index in [1.54, 1.807) is 0 Å². The molecule has 112 valence electrons. The molecule has 3 nitrogen and oxygen atoms in total. The summed E-state index contributed by atoms with van der Waals surface area (Å²) in [6.45, 7) is 4.75. The van der Waals surface area contributed by atoms with Gasteiger partial charge in [0.25, 0.3) is 0 Å². The number of benzene rings is 2.